The highest BCUT2D eigenvalue weighted by Crippen LogP contribution is 2.11. The summed E-state index contributed by atoms with van der Waals surface area (Å²) < 4.78 is 0. The molecule has 0 aliphatic rings. The number of aryl methyl sites for hydroxylation is 1. The molecule has 0 saturated carbocycles. The summed E-state index contributed by atoms with van der Waals surface area (Å²) in [6.45, 7) is 0. The van der Waals surface area contributed by atoms with Gasteiger partial charge in [0, 0.05) is 16.8 Å². The first-order valence-electron chi connectivity index (χ1n) is 5.05. The Balaban J connectivity index is 1.80. The molecule has 0 saturated heterocycles. The number of thiophene rings is 1. The van der Waals surface area contributed by atoms with Crippen LogP contribution in [0.5, 0.6) is 0 Å². The van der Waals surface area contributed by atoms with Gasteiger partial charge in [0.2, 0.25) is 0 Å². The molecule has 2 aromatic heterocycles. The largest absolute Gasteiger partial charge is 0.261 e. The Kier molecular flexibility index (Phi) is 3.69. The van der Waals surface area contributed by atoms with Crippen LogP contribution in [-0.2, 0) is 6.42 Å². The third-order valence-electron chi connectivity index (χ3n) is 2.12. The maximum atomic E-state index is 4.28. The van der Waals surface area contributed by atoms with Crippen molar-refractivity contribution in [3.8, 4) is 0 Å². The molecule has 0 atom stereocenters. The van der Waals surface area contributed by atoms with Crippen molar-refractivity contribution < 1.29 is 0 Å². The standard InChI is InChI=1S/C13H13NS/c1(2-8-13-9-5-11-15-13)6-12-7-3-4-10-14-12/h2-5,7-11H,1,6H2/b8-2+. The maximum absolute atomic E-state index is 4.28. The van der Waals surface area contributed by atoms with Crippen LogP contribution in [0.25, 0.3) is 6.08 Å². The summed E-state index contributed by atoms with van der Waals surface area (Å²) in [7, 11) is 0. The third-order valence-corrected chi connectivity index (χ3v) is 2.96. The van der Waals surface area contributed by atoms with Gasteiger partial charge in [0.1, 0.15) is 0 Å². The van der Waals surface area contributed by atoms with Crippen molar-refractivity contribution in [1.82, 2.24) is 4.98 Å². The molecule has 0 amide bonds. The van der Waals surface area contributed by atoms with E-state index in [1.54, 1.807) is 11.3 Å². The Morgan fingerprint density at radius 2 is 2.20 bits per heavy atom. The van der Waals surface area contributed by atoms with Gasteiger partial charge in [-0.15, -0.1) is 11.3 Å². The smallest absolute Gasteiger partial charge is 0.0406 e. The summed E-state index contributed by atoms with van der Waals surface area (Å²) in [6, 6.07) is 10.3. The molecule has 0 bridgehead atoms. The zero-order valence-corrected chi connectivity index (χ0v) is 9.28. The number of hydrogen-bond donors (Lipinski definition) is 0. The second-order valence-electron chi connectivity index (χ2n) is 3.28. The minimum Gasteiger partial charge on any atom is -0.261 e. The summed E-state index contributed by atoms with van der Waals surface area (Å²) >= 11 is 1.77. The number of nitrogens with zero attached hydrogens (tertiary/aromatic N) is 1. The van der Waals surface area contributed by atoms with Crippen molar-refractivity contribution in [2.75, 3.05) is 0 Å². The predicted octanol–water partition coefficient (Wildman–Crippen LogP) is 3.79. The number of pyridine rings is 1. The van der Waals surface area contributed by atoms with Gasteiger partial charge in [-0.2, -0.15) is 0 Å². The minimum absolute atomic E-state index is 1.02. The first-order valence-corrected chi connectivity index (χ1v) is 5.93. The van der Waals surface area contributed by atoms with Crippen LogP contribution in [0.2, 0.25) is 0 Å². The van der Waals surface area contributed by atoms with Gasteiger partial charge in [-0.1, -0.05) is 18.2 Å². The van der Waals surface area contributed by atoms with Gasteiger partial charge >= 0.3 is 0 Å². The van der Waals surface area contributed by atoms with E-state index in [2.05, 4.69) is 40.7 Å². The summed E-state index contributed by atoms with van der Waals surface area (Å²) in [6.07, 6.45) is 8.30. The fourth-order valence-corrected chi connectivity index (χ4v) is 2.01. The number of allylic oxidation sites excluding steroid dienone is 1. The minimum atomic E-state index is 1.02. The van der Waals surface area contributed by atoms with Gasteiger partial charge in [0.25, 0.3) is 0 Å². The normalized spacial score (nSPS) is 10.9. The van der Waals surface area contributed by atoms with Gasteiger partial charge < -0.3 is 0 Å². The quantitative estimate of drug-likeness (QED) is 0.756. The van der Waals surface area contributed by atoms with E-state index in [1.165, 1.54) is 4.88 Å². The fraction of sp³-hybridized carbons (Fsp3) is 0.154. The van der Waals surface area contributed by atoms with Crippen LogP contribution in [0, 0.1) is 0 Å². The van der Waals surface area contributed by atoms with Gasteiger partial charge in [0.05, 0.1) is 0 Å². The Morgan fingerprint density at radius 3 is 2.93 bits per heavy atom. The first kappa shape index (κ1) is 10.1. The SMILES string of the molecule is C(=C\c1cccs1)/CCc1ccccn1. The highest BCUT2D eigenvalue weighted by molar-refractivity contribution is 7.10. The van der Waals surface area contributed by atoms with Crippen molar-refractivity contribution >= 4 is 17.4 Å². The number of hydrogen-bond acceptors (Lipinski definition) is 2. The summed E-state index contributed by atoms with van der Waals surface area (Å²) in [5, 5.41) is 2.10. The number of rotatable bonds is 4. The van der Waals surface area contributed by atoms with Crippen LogP contribution in [-0.4, -0.2) is 4.98 Å². The third kappa shape index (κ3) is 3.33. The molecular formula is C13H13NS. The molecule has 2 heteroatoms. The molecule has 0 N–H and O–H groups in total. The maximum Gasteiger partial charge on any atom is 0.0406 e. The lowest BCUT2D eigenvalue weighted by atomic mass is 10.2. The van der Waals surface area contributed by atoms with Crippen molar-refractivity contribution in [2.45, 2.75) is 12.8 Å². The van der Waals surface area contributed by atoms with E-state index in [9.17, 15) is 0 Å². The van der Waals surface area contributed by atoms with E-state index in [0.717, 1.165) is 18.5 Å². The summed E-state index contributed by atoms with van der Waals surface area (Å²) in [4.78, 5) is 5.60. The Hall–Kier alpha value is -1.41. The van der Waals surface area contributed by atoms with Crippen molar-refractivity contribution in [3.05, 3.63) is 58.6 Å². The monoisotopic (exact) mass is 215 g/mol. The Morgan fingerprint density at radius 1 is 1.20 bits per heavy atom. The van der Waals surface area contributed by atoms with Crippen LogP contribution in [0.1, 0.15) is 17.0 Å². The molecule has 0 aromatic carbocycles. The molecule has 2 rings (SSSR count). The molecular weight excluding hydrogens is 202 g/mol. The van der Waals surface area contributed by atoms with Gasteiger partial charge in [0.15, 0.2) is 0 Å². The molecule has 0 fully saturated rings. The molecule has 76 valence electrons. The Bertz CT molecular complexity index is 403. The van der Waals surface area contributed by atoms with Crippen molar-refractivity contribution in [2.24, 2.45) is 0 Å². The van der Waals surface area contributed by atoms with Crippen molar-refractivity contribution in [1.29, 1.82) is 0 Å². The predicted molar refractivity (Wildman–Crippen MR) is 65.9 cm³/mol. The fourth-order valence-electron chi connectivity index (χ4n) is 1.36. The molecule has 2 heterocycles. The molecule has 1 nitrogen and oxygen atoms in total. The molecule has 2 aromatic rings. The molecule has 0 aliphatic carbocycles. The van der Waals surface area contributed by atoms with Crippen molar-refractivity contribution in [3.63, 3.8) is 0 Å². The summed E-state index contributed by atoms with van der Waals surface area (Å²) in [5.74, 6) is 0. The van der Waals surface area contributed by atoms with Gasteiger partial charge in [-0.3, -0.25) is 4.98 Å². The zero-order valence-electron chi connectivity index (χ0n) is 8.47. The highest BCUT2D eigenvalue weighted by atomic mass is 32.1. The first-order chi connectivity index (χ1) is 7.45. The lowest BCUT2D eigenvalue weighted by Gasteiger charge is -1.94. The topological polar surface area (TPSA) is 12.9 Å². The van der Waals surface area contributed by atoms with Gasteiger partial charge in [-0.05, 0) is 42.5 Å². The van der Waals surface area contributed by atoms with E-state index in [1.807, 2.05) is 18.3 Å². The molecule has 0 aliphatic heterocycles. The molecule has 0 unspecified atom stereocenters. The van der Waals surface area contributed by atoms with Crippen LogP contribution in [0.4, 0.5) is 0 Å². The van der Waals surface area contributed by atoms with Crippen LogP contribution in [0.3, 0.4) is 0 Å². The zero-order chi connectivity index (χ0) is 10.3. The van der Waals surface area contributed by atoms with Crippen LogP contribution >= 0.6 is 11.3 Å². The second-order valence-corrected chi connectivity index (χ2v) is 4.26. The second kappa shape index (κ2) is 5.47. The average Bonchev–Trinajstić information content (AvgIpc) is 2.79. The summed E-state index contributed by atoms with van der Waals surface area (Å²) in [5.41, 5.74) is 1.16. The van der Waals surface area contributed by atoms with E-state index in [0.29, 0.717) is 0 Å². The van der Waals surface area contributed by atoms with E-state index in [4.69, 9.17) is 0 Å². The van der Waals surface area contributed by atoms with E-state index in [-0.39, 0.29) is 0 Å². The van der Waals surface area contributed by atoms with E-state index < -0.39 is 0 Å². The lowest BCUT2D eigenvalue weighted by Crippen LogP contribution is -1.86. The Labute approximate surface area is 94.1 Å². The van der Waals surface area contributed by atoms with Crippen LogP contribution in [0.15, 0.2) is 48.0 Å². The molecule has 0 radical (unpaired) electrons. The molecule has 15 heavy (non-hydrogen) atoms. The average molecular weight is 215 g/mol. The van der Waals surface area contributed by atoms with Gasteiger partial charge in [-0.25, -0.2) is 0 Å². The highest BCUT2D eigenvalue weighted by Gasteiger charge is 1.90. The van der Waals surface area contributed by atoms with E-state index >= 15 is 0 Å². The number of aromatic nitrogens is 1. The van der Waals surface area contributed by atoms with Crippen LogP contribution < -0.4 is 0 Å². The molecule has 0 spiro atoms. The lowest BCUT2D eigenvalue weighted by molar-refractivity contribution is 0.946.